The van der Waals surface area contributed by atoms with Gasteiger partial charge in [0.05, 0.1) is 6.04 Å². The molecule has 0 saturated heterocycles. The van der Waals surface area contributed by atoms with E-state index in [1.807, 2.05) is 36.9 Å². The number of halogens is 1. The highest BCUT2D eigenvalue weighted by molar-refractivity contribution is 7.08. The summed E-state index contributed by atoms with van der Waals surface area (Å²) in [5.41, 5.74) is 2.89. The van der Waals surface area contributed by atoms with Crippen molar-refractivity contribution >= 4 is 11.3 Å². The molecule has 0 aliphatic rings. The van der Waals surface area contributed by atoms with E-state index in [9.17, 15) is 4.39 Å². The molecule has 0 fully saturated rings. The fourth-order valence-corrected chi connectivity index (χ4v) is 2.51. The van der Waals surface area contributed by atoms with E-state index in [-0.39, 0.29) is 11.9 Å². The van der Waals surface area contributed by atoms with Crippen LogP contribution in [-0.4, -0.2) is 7.05 Å². The second-order valence-corrected chi connectivity index (χ2v) is 4.58. The minimum atomic E-state index is -0.156. The molecule has 0 amide bonds. The van der Waals surface area contributed by atoms with E-state index in [4.69, 9.17) is 0 Å². The molecule has 0 radical (unpaired) electrons. The van der Waals surface area contributed by atoms with Gasteiger partial charge in [-0.15, -0.1) is 0 Å². The van der Waals surface area contributed by atoms with Crippen LogP contribution in [0.1, 0.15) is 22.7 Å². The SMILES string of the molecule is CNC(c1ccsc1)c1cc(C)ccc1F. The van der Waals surface area contributed by atoms with Crippen molar-refractivity contribution in [1.82, 2.24) is 5.32 Å². The molecule has 0 saturated carbocycles. The number of aryl methyl sites for hydroxylation is 1. The van der Waals surface area contributed by atoms with Crippen LogP contribution in [0.15, 0.2) is 35.0 Å². The van der Waals surface area contributed by atoms with E-state index in [1.54, 1.807) is 17.4 Å². The average molecular weight is 235 g/mol. The molecule has 1 nitrogen and oxygen atoms in total. The lowest BCUT2D eigenvalue weighted by molar-refractivity contribution is 0.576. The molecule has 1 heterocycles. The number of benzene rings is 1. The third-order valence-electron chi connectivity index (χ3n) is 2.63. The van der Waals surface area contributed by atoms with Gasteiger partial charge in [0.2, 0.25) is 0 Å². The summed E-state index contributed by atoms with van der Waals surface area (Å²) in [7, 11) is 1.85. The van der Waals surface area contributed by atoms with Crippen LogP contribution in [0.5, 0.6) is 0 Å². The maximum Gasteiger partial charge on any atom is 0.128 e. The summed E-state index contributed by atoms with van der Waals surface area (Å²) >= 11 is 1.63. The lowest BCUT2D eigenvalue weighted by atomic mass is 9.99. The molecule has 0 aliphatic carbocycles. The van der Waals surface area contributed by atoms with Gasteiger partial charge in [-0.3, -0.25) is 0 Å². The molecule has 84 valence electrons. The fraction of sp³-hybridized carbons (Fsp3) is 0.231. The second kappa shape index (κ2) is 4.76. The van der Waals surface area contributed by atoms with Crippen LogP contribution in [0, 0.1) is 12.7 Å². The average Bonchev–Trinajstić information content (AvgIpc) is 2.78. The van der Waals surface area contributed by atoms with Crippen molar-refractivity contribution < 1.29 is 4.39 Å². The van der Waals surface area contributed by atoms with Crippen molar-refractivity contribution in [2.24, 2.45) is 0 Å². The van der Waals surface area contributed by atoms with Crippen molar-refractivity contribution in [3.63, 3.8) is 0 Å². The molecule has 0 spiro atoms. The van der Waals surface area contributed by atoms with Crippen LogP contribution in [-0.2, 0) is 0 Å². The number of rotatable bonds is 3. The third kappa shape index (κ3) is 2.15. The highest BCUT2D eigenvalue weighted by Crippen LogP contribution is 2.26. The topological polar surface area (TPSA) is 12.0 Å². The number of hydrogen-bond donors (Lipinski definition) is 1. The maximum absolute atomic E-state index is 13.8. The monoisotopic (exact) mass is 235 g/mol. The molecule has 0 aliphatic heterocycles. The van der Waals surface area contributed by atoms with Crippen LogP contribution in [0.2, 0.25) is 0 Å². The standard InChI is InChI=1S/C13H14FNS/c1-9-3-4-12(14)11(7-9)13(15-2)10-5-6-16-8-10/h3-8,13,15H,1-2H3. The zero-order chi connectivity index (χ0) is 11.5. The maximum atomic E-state index is 13.8. The molecule has 2 aromatic rings. The summed E-state index contributed by atoms with van der Waals surface area (Å²) in [6, 6.07) is 7.17. The molecule has 3 heteroatoms. The largest absolute Gasteiger partial charge is 0.309 e. The van der Waals surface area contributed by atoms with Crippen LogP contribution >= 0.6 is 11.3 Å². The van der Waals surface area contributed by atoms with Crippen molar-refractivity contribution in [3.05, 3.63) is 57.5 Å². The van der Waals surface area contributed by atoms with Crippen molar-refractivity contribution in [3.8, 4) is 0 Å². The Morgan fingerprint density at radius 3 is 2.75 bits per heavy atom. The summed E-state index contributed by atoms with van der Waals surface area (Å²) < 4.78 is 13.8. The Hall–Kier alpha value is -1.19. The minimum Gasteiger partial charge on any atom is -0.309 e. The molecule has 16 heavy (non-hydrogen) atoms. The molecule has 1 atom stereocenters. The zero-order valence-electron chi connectivity index (χ0n) is 9.33. The van der Waals surface area contributed by atoms with Crippen LogP contribution in [0.4, 0.5) is 4.39 Å². The van der Waals surface area contributed by atoms with Gasteiger partial charge in [0.15, 0.2) is 0 Å². The van der Waals surface area contributed by atoms with Crippen LogP contribution in [0.25, 0.3) is 0 Å². The number of hydrogen-bond acceptors (Lipinski definition) is 2. The molecular weight excluding hydrogens is 221 g/mol. The van der Waals surface area contributed by atoms with E-state index in [2.05, 4.69) is 5.32 Å². The molecule has 1 unspecified atom stereocenters. The first-order chi connectivity index (χ1) is 7.72. The van der Waals surface area contributed by atoms with Crippen LogP contribution in [0.3, 0.4) is 0 Å². The van der Waals surface area contributed by atoms with Crippen LogP contribution < -0.4 is 5.32 Å². The first kappa shape index (κ1) is 11.3. The zero-order valence-corrected chi connectivity index (χ0v) is 10.1. The van der Waals surface area contributed by atoms with Gasteiger partial charge >= 0.3 is 0 Å². The minimum absolute atomic E-state index is 0.0638. The quantitative estimate of drug-likeness (QED) is 0.858. The first-order valence-corrected chi connectivity index (χ1v) is 6.12. The van der Waals surface area contributed by atoms with Gasteiger partial charge in [-0.1, -0.05) is 17.7 Å². The van der Waals surface area contributed by atoms with Gasteiger partial charge < -0.3 is 5.32 Å². The van der Waals surface area contributed by atoms with Crippen molar-refractivity contribution in [2.45, 2.75) is 13.0 Å². The van der Waals surface area contributed by atoms with Gasteiger partial charge in [-0.05, 0) is 42.4 Å². The van der Waals surface area contributed by atoms with Crippen molar-refractivity contribution in [1.29, 1.82) is 0 Å². The van der Waals surface area contributed by atoms with E-state index >= 15 is 0 Å². The summed E-state index contributed by atoms with van der Waals surface area (Å²) in [5, 5.41) is 7.21. The number of nitrogens with one attached hydrogen (secondary N) is 1. The molecular formula is C13H14FNS. The molecule has 2 rings (SSSR count). The molecule has 0 bridgehead atoms. The fourth-order valence-electron chi connectivity index (χ4n) is 1.83. The summed E-state index contributed by atoms with van der Waals surface area (Å²) in [4.78, 5) is 0. The Kier molecular flexibility index (Phi) is 3.36. The summed E-state index contributed by atoms with van der Waals surface area (Å²) in [6.07, 6.45) is 0. The Morgan fingerprint density at radius 2 is 2.12 bits per heavy atom. The second-order valence-electron chi connectivity index (χ2n) is 3.80. The van der Waals surface area contributed by atoms with Gasteiger partial charge in [-0.2, -0.15) is 11.3 Å². The lowest BCUT2D eigenvalue weighted by Crippen LogP contribution is -2.18. The van der Waals surface area contributed by atoms with Gasteiger partial charge in [-0.25, -0.2) is 4.39 Å². The predicted molar refractivity (Wildman–Crippen MR) is 66.4 cm³/mol. The van der Waals surface area contributed by atoms with Gasteiger partial charge in [0.1, 0.15) is 5.82 Å². The van der Waals surface area contributed by atoms with E-state index in [1.165, 1.54) is 6.07 Å². The van der Waals surface area contributed by atoms with E-state index < -0.39 is 0 Å². The first-order valence-electron chi connectivity index (χ1n) is 5.18. The summed E-state index contributed by atoms with van der Waals surface area (Å²) in [5.74, 6) is -0.156. The Bertz CT molecular complexity index is 465. The summed E-state index contributed by atoms with van der Waals surface area (Å²) in [6.45, 7) is 1.98. The van der Waals surface area contributed by atoms with E-state index in [0.29, 0.717) is 5.56 Å². The normalized spacial score (nSPS) is 12.7. The van der Waals surface area contributed by atoms with Gasteiger partial charge in [0.25, 0.3) is 0 Å². The van der Waals surface area contributed by atoms with Gasteiger partial charge in [0, 0.05) is 5.56 Å². The third-order valence-corrected chi connectivity index (χ3v) is 3.33. The Labute approximate surface area is 98.9 Å². The molecule has 1 N–H and O–H groups in total. The smallest absolute Gasteiger partial charge is 0.128 e. The highest BCUT2D eigenvalue weighted by atomic mass is 32.1. The highest BCUT2D eigenvalue weighted by Gasteiger charge is 2.16. The Morgan fingerprint density at radius 1 is 1.31 bits per heavy atom. The predicted octanol–water partition coefficient (Wildman–Crippen LogP) is 3.50. The van der Waals surface area contributed by atoms with E-state index in [0.717, 1.165) is 11.1 Å². The molecule has 1 aromatic heterocycles. The molecule has 1 aromatic carbocycles. The number of thiophene rings is 1. The van der Waals surface area contributed by atoms with Crippen molar-refractivity contribution in [2.75, 3.05) is 7.05 Å². The Balaban J connectivity index is 2.44. The lowest BCUT2D eigenvalue weighted by Gasteiger charge is -2.16.